The number of carboxylic acids is 1. The molecule has 10 atom stereocenters. The number of carboxylic acid groups (broad SMARTS) is 1. The summed E-state index contributed by atoms with van der Waals surface area (Å²) in [5.41, 5.74) is 0.562. The number of ether oxygens (including phenoxy) is 1. The van der Waals surface area contributed by atoms with Crippen molar-refractivity contribution in [3.63, 3.8) is 0 Å². The zero-order valence-electron chi connectivity index (χ0n) is 28.0. The summed E-state index contributed by atoms with van der Waals surface area (Å²) in [6, 6.07) is 6.70. The summed E-state index contributed by atoms with van der Waals surface area (Å²) >= 11 is 0. The van der Waals surface area contributed by atoms with Gasteiger partial charge in [0.1, 0.15) is 5.75 Å². The Morgan fingerprint density at radius 3 is 2.31 bits per heavy atom. The Balaban J connectivity index is 1.40. The van der Waals surface area contributed by atoms with Crippen LogP contribution >= 0.6 is 0 Å². The summed E-state index contributed by atoms with van der Waals surface area (Å²) < 4.78 is 6.28. The van der Waals surface area contributed by atoms with E-state index in [4.69, 9.17) is 4.74 Å². The standard InChI is InChI=1S/C39H54O6/c1-24(2)27-15-20-38(34(43)44)21-22-39(23-45-32(42)14-9-25-7-10-26(40)11-8-25)28(33(27)38)12-13-30-36(5)18-17-31(41)35(3,4)29(36)16-19-37(30,39)6/h7-11,14,27-31,33,40-41H,1,12-13,15-23H2,2-6H3,(H,43,44)/t27-,28+,29-,30+,31-,33+,36-,37+,38-,39-/m0/s1. The number of rotatable bonds is 6. The fourth-order valence-corrected chi connectivity index (χ4v) is 12.6. The highest BCUT2D eigenvalue weighted by Gasteiger charge is 2.73. The highest BCUT2D eigenvalue weighted by molar-refractivity contribution is 5.87. The third-order valence-electron chi connectivity index (χ3n) is 14.9. The molecule has 5 aliphatic rings. The molecule has 5 fully saturated rings. The molecular weight excluding hydrogens is 564 g/mol. The molecule has 0 heterocycles. The molecule has 1 aromatic rings. The summed E-state index contributed by atoms with van der Waals surface area (Å²) in [5, 5.41) is 31.5. The number of hydrogen-bond acceptors (Lipinski definition) is 5. The van der Waals surface area contributed by atoms with Crippen molar-refractivity contribution in [1.29, 1.82) is 0 Å². The molecule has 0 saturated heterocycles. The van der Waals surface area contributed by atoms with E-state index in [1.165, 1.54) is 6.08 Å². The van der Waals surface area contributed by atoms with Gasteiger partial charge in [0.2, 0.25) is 0 Å². The highest BCUT2D eigenvalue weighted by atomic mass is 16.5. The largest absolute Gasteiger partial charge is 0.508 e. The number of carbonyl (C=O) groups is 2. The number of aliphatic hydroxyl groups excluding tert-OH is 1. The minimum Gasteiger partial charge on any atom is -0.508 e. The lowest BCUT2D eigenvalue weighted by Crippen LogP contribution is -2.69. The molecule has 246 valence electrons. The molecule has 0 spiro atoms. The molecule has 6 nitrogen and oxygen atoms in total. The molecule has 5 aliphatic carbocycles. The minimum atomic E-state index is -0.748. The first-order chi connectivity index (χ1) is 21.1. The third kappa shape index (κ3) is 4.66. The molecule has 6 rings (SSSR count). The number of benzene rings is 1. The van der Waals surface area contributed by atoms with E-state index in [2.05, 4.69) is 41.2 Å². The number of phenols is 1. The van der Waals surface area contributed by atoms with E-state index in [-0.39, 0.29) is 57.2 Å². The molecule has 1 aromatic carbocycles. The second kappa shape index (κ2) is 11.0. The minimum absolute atomic E-state index is 0.0135. The summed E-state index contributed by atoms with van der Waals surface area (Å²) in [5.74, 6) is 0.212. The summed E-state index contributed by atoms with van der Waals surface area (Å²) in [4.78, 5) is 26.5. The number of esters is 1. The number of hydrogen-bond donors (Lipinski definition) is 3. The van der Waals surface area contributed by atoms with E-state index in [1.807, 2.05) is 0 Å². The Kier molecular flexibility index (Phi) is 7.90. The van der Waals surface area contributed by atoms with Crippen molar-refractivity contribution in [1.82, 2.24) is 0 Å². The van der Waals surface area contributed by atoms with E-state index in [0.717, 1.165) is 62.5 Å². The monoisotopic (exact) mass is 618 g/mol. The number of aromatic hydroxyl groups is 1. The molecular formula is C39H54O6. The Bertz CT molecular complexity index is 1380. The Morgan fingerprint density at radius 2 is 1.64 bits per heavy atom. The lowest BCUT2D eigenvalue weighted by atomic mass is 9.32. The number of carbonyl (C=O) groups excluding carboxylic acids is 1. The highest BCUT2D eigenvalue weighted by Crippen LogP contribution is 2.77. The zero-order chi connectivity index (χ0) is 32.6. The van der Waals surface area contributed by atoms with Crippen LogP contribution in [0.25, 0.3) is 6.08 Å². The van der Waals surface area contributed by atoms with Gasteiger partial charge in [0, 0.05) is 11.5 Å². The first-order valence-electron chi connectivity index (χ1n) is 17.3. The molecule has 3 N–H and O–H groups in total. The van der Waals surface area contributed by atoms with E-state index < -0.39 is 11.4 Å². The average molecular weight is 619 g/mol. The summed E-state index contributed by atoms with van der Waals surface area (Å²) in [7, 11) is 0. The van der Waals surface area contributed by atoms with Crippen LogP contribution in [0, 0.1) is 56.7 Å². The van der Waals surface area contributed by atoms with Crippen molar-refractivity contribution in [3.05, 3.63) is 48.1 Å². The van der Waals surface area contributed by atoms with Gasteiger partial charge >= 0.3 is 11.9 Å². The molecule has 0 aliphatic heterocycles. The van der Waals surface area contributed by atoms with Crippen LogP contribution in [0.2, 0.25) is 0 Å². The normalized spacial score (nSPS) is 43.4. The van der Waals surface area contributed by atoms with E-state index in [9.17, 15) is 24.9 Å². The second-order valence-electron chi connectivity index (χ2n) is 16.8. The Labute approximate surface area is 269 Å². The van der Waals surface area contributed by atoms with Crippen LogP contribution in [0.4, 0.5) is 0 Å². The number of fused-ring (bicyclic) bond motifs is 7. The fourth-order valence-electron chi connectivity index (χ4n) is 12.6. The van der Waals surface area contributed by atoms with Crippen LogP contribution in [0.5, 0.6) is 5.75 Å². The van der Waals surface area contributed by atoms with Crippen LogP contribution in [-0.2, 0) is 14.3 Å². The smallest absolute Gasteiger partial charge is 0.330 e. The molecule has 45 heavy (non-hydrogen) atoms. The summed E-state index contributed by atoms with van der Waals surface area (Å²) in [6.45, 7) is 16.2. The van der Waals surface area contributed by atoms with Crippen LogP contribution in [0.1, 0.15) is 104 Å². The van der Waals surface area contributed by atoms with Crippen molar-refractivity contribution < 1.29 is 29.6 Å². The van der Waals surface area contributed by atoms with Gasteiger partial charge < -0.3 is 20.1 Å². The van der Waals surface area contributed by atoms with Gasteiger partial charge in [-0.3, -0.25) is 4.79 Å². The molecule has 6 heteroatoms. The molecule has 0 aromatic heterocycles. The van der Waals surface area contributed by atoms with Crippen molar-refractivity contribution in [2.24, 2.45) is 56.7 Å². The van der Waals surface area contributed by atoms with Crippen LogP contribution in [0.3, 0.4) is 0 Å². The molecule has 5 saturated carbocycles. The number of aliphatic carboxylic acids is 1. The van der Waals surface area contributed by atoms with Gasteiger partial charge in [-0.15, -0.1) is 0 Å². The molecule has 0 radical (unpaired) electrons. The third-order valence-corrected chi connectivity index (χ3v) is 14.9. The van der Waals surface area contributed by atoms with E-state index in [1.54, 1.807) is 30.3 Å². The maximum Gasteiger partial charge on any atom is 0.330 e. The maximum atomic E-state index is 13.4. The predicted molar refractivity (Wildman–Crippen MR) is 175 cm³/mol. The van der Waals surface area contributed by atoms with Gasteiger partial charge in [-0.1, -0.05) is 52.0 Å². The van der Waals surface area contributed by atoms with Crippen molar-refractivity contribution in [2.75, 3.05) is 6.61 Å². The van der Waals surface area contributed by atoms with Gasteiger partial charge in [-0.05, 0) is 141 Å². The lowest BCUT2D eigenvalue weighted by molar-refractivity contribution is -0.263. The lowest BCUT2D eigenvalue weighted by Gasteiger charge is -2.73. The topological polar surface area (TPSA) is 104 Å². The van der Waals surface area contributed by atoms with Crippen LogP contribution in [-0.4, -0.2) is 40.0 Å². The van der Waals surface area contributed by atoms with Gasteiger partial charge in [0.25, 0.3) is 0 Å². The maximum absolute atomic E-state index is 13.4. The fraction of sp³-hybridized carbons (Fsp3) is 0.692. The van der Waals surface area contributed by atoms with Crippen LogP contribution in [0.15, 0.2) is 42.5 Å². The van der Waals surface area contributed by atoms with Gasteiger partial charge in [-0.25, -0.2) is 4.79 Å². The van der Waals surface area contributed by atoms with E-state index in [0.29, 0.717) is 31.3 Å². The molecule has 0 amide bonds. The van der Waals surface area contributed by atoms with E-state index >= 15 is 0 Å². The first-order valence-corrected chi connectivity index (χ1v) is 17.3. The molecule has 0 bridgehead atoms. The average Bonchev–Trinajstić information content (AvgIpc) is 3.40. The number of allylic oxidation sites excluding steroid dienone is 1. The number of aliphatic hydroxyl groups is 1. The van der Waals surface area contributed by atoms with Crippen LogP contribution < -0.4 is 0 Å². The predicted octanol–water partition coefficient (Wildman–Crippen LogP) is 8.03. The van der Waals surface area contributed by atoms with Gasteiger partial charge in [0.15, 0.2) is 0 Å². The Morgan fingerprint density at radius 1 is 0.933 bits per heavy atom. The van der Waals surface area contributed by atoms with Crippen molar-refractivity contribution in [2.45, 2.75) is 105 Å². The summed E-state index contributed by atoms with van der Waals surface area (Å²) in [6.07, 6.45) is 11.6. The van der Waals surface area contributed by atoms with Gasteiger partial charge in [0.05, 0.1) is 18.1 Å². The SMILES string of the molecule is C=C(C)[C@@H]1CC[C@]2(C(=O)O)CC[C@]3(COC(=O)C=Cc4ccc(O)cc4)[C@H](CC[C@@H]4[C@@]5(C)CC[C@H](O)C(C)(C)[C@@H]5CC[C@]43C)[C@@H]12. The first kappa shape index (κ1) is 32.3. The second-order valence-corrected chi connectivity index (χ2v) is 16.8. The van der Waals surface area contributed by atoms with Gasteiger partial charge in [-0.2, -0.15) is 0 Å². The molecule has 0 unspecified atom stereocenters. The quantitative estimate of drug-likeness (QED) is 0.169. The zero-order valence-corrected chi connectivity index (χ0v) is 28.0. The van der Waals surface area contributed by atoms with Crippen molar-refractivity contribution in [3.8, 4) is 5.75 Å². The number of phenolic OH excluding ortho intramolecular Hbond substituents is 1. The van der Waals surface area contributed by atoms with Crippen molar-refractivity contribution >= 4 is 18.0 Å². The Hall–Kier alpha value is -2.60.